The summed E-state index contributed by atoms with van der Waals surface area (Å²) in [5.74, 6) is -0.0905. The number of aromatic nitrogens is 4. The molecular formula is C30H37N7O3. The van der Waals surface area contributed by atoms with Gasteiger partial charge in [0.25, 0.3) is 0 Å². The first-order chi connectivity index (χ1) is 19.0. The van der Waals surface area contributed by atoms with Crippen LogP contribution in [0, 0.1) is 13.8 Å². The van der Waals surface area contributed by atoms with Crippen molar-refractivity contribution in [1.82, 2.24) is 24.5 Å². The summed E-state index contributed by atoms with van der Waals surface area (Å²) in [4.78, 5) is 29.9. The number of carbonyl (C=O) groups excluding carboxylic acids is 2. The van der Waals surface area contributed by atoms with Crippen LogP contribution in [0.25, 0.3) is 16.6 Å². The van der Waals surface area contributed by atoms with Crippen molar-refractivity contribution in [3.8, 4) is 5.69 Å². The molecule has 10 heteroatoms. The molecule has 1 fully saturated rings. The van der Waals surface area contributed by atoms with Gasteiger partial charge in [-0.2, -0.15) is 0 Å². The Bertz CT molecular complexity index is 1530. The lowest BCUT2D eigenvalue weighted by Crippen LogP contribution is -2.50. The van der Waals surface area contributed by atoms with E-state index < -0.39 is 11.6 Å². The highest BCUT2D eigenvalue weighted by atomic mass is 16.6. The van der Waals surface area contributed by atoms with Gasteiger partial charge in [-0.1, -0.05) is 11.3 Å². The van der Waals surface area contributed by atoms with E-state index in [4.69, 9.17) is 4.74 Å². The van der Waals surface area contributed by atoms with Gasteiger partial charge in [-0.05, 0) is 83.0 Å². The molecule has 1 aliphatic rings. The summed E-state index contributed by atoms with van der Waals surface area (Å²) in [5, 5.41) is 12.2. The van der Waals surface area contributed by atoms with E-state index in [1.807, 2.05) is 76.6 Å². The highest BCUT2D eigenvalue weighted by Gasteiger charge is 2.26. The second-order valence-electron chi connectivity index (χ2n) is 11.4. The van der Waals surface area contributed by atoms with Crippen molar-refractivity contribution >= 4 is 34.3 Å². The van der Waals surface area contributed by atoms with Crippen molar-refractivity contribution in [2.45, 2.75) is 53.2 Å². The van der Waals surface area contributed by atoms with Gasteiger partial charge in [-0.3, -0.25) is 4.79 Å². The molecule has 4 aromatic rings. The van der Waals surface area contributed by atoms with Gasteiger partial charge in [0.2, 0.25) is 5.91 Å². The predicted molar refractivity (Wildman–Crippen MR) is 156 cm³/mol. The highest BCUT2D eigenvalue weighted by molar-refractivity contribution is 5.96. The summed E-state index contributed by atoms with van der Waals surface area (Å²) in [6.45, 7) is 14.1. The van der Waals surface area contributed by atoms with Crippen LogP contribution in [0.4, 0.5) is 16.2 Å². The Morgan fingerprint density at radius 2 is 1.70 bits per heavy atom. The van der Waals surface area contributed by atoms with Crippen molar-refractivity contribution in [3.05, 3.63) is 66.1 Å². The van der Waals surface area contributed by atoms with Crippen LogP contribution in [0.3, 0.4) is 0 Å². The normalized spacial score (nSPS) is 14.8. The lowest BCUT2D eigenvalue weighted by Gasteiger charge is -2.37. The van der Waals surface area contributed by atoms with E-state index in [9.17, 15) is 9.59 Å². The van der Waals surface area contributed by atoms with Crippen molar-refractivity contribution in [2.24, 2.45) is 0 Å². The van der Waals surface area contributed by atoms with Crippen LogP contribution < -0.4 is 10.2 Å². The number of hydrogen-bond donors (Lipinski definition) is 1. The molecule has 1 unspecified atom stereocenters. The number of fused-ring (bicyclic) bond motifs is 1. The van der Waals surface area contributed by atoms with Crippen LogP contribution in [0.1, 0.15) is 44.9 Å². The Kier molecular flexibility index (Phi) is 7.27. The maximum absolute atomic E-state index is 13.5. The first-order valence-electron chi connectivity index (χ1n) is 13.6. The molecule has 2 amide bonds. The monoisotopic (exact) mass is 543 g/mol. The van der Waals surface area contributed by atoms with Gasteiger partial charge in [0.1, 0.15) is 11.6 Å². The number of rotatable bonds is 5. The molecule has 3 heterocycles. The summed E-state index contributed by atoms with van der Waals surface area (Å²) < 4.78 is 9.25. The van der Waals surface area contributed by atoms with E-state index in [-0.39, 0.29) is 12.0 Å². The molecule has 40 heavy (non-hydrogen) atoms. The number of nitrogens with one attached hydrogen (secondary N) is 1. The topological polar surface area (TPSA) is 97.5 Å². The highest BCUT2D eigenvalue weighted by Crippen LogP contribution is 2.29. The number of nitrogens with zero attached hydrogens (tertiary/aromatic N) is 6. The van der Waals surface area contributed by atoms with Gasteiger partial charge in [-0.15, -0.1) is 5.10 Å². The Morgan fingerprint density at radius 3 is 2.38 bits per heavy atom. The second-order valence-corrected chi connectivity index (χ2v) is 11.4. The smallest absolute Gasteiger partial charge is 0.410 e. The van der Waals surface area contributed by atoms with Gasteiger partial charge < -0.3 is 24.4 Å². The van der Waals surface area contributed by atoms with Gasteiger partial charge in [0, 0.05) is 54.7 Å². The minimum absolute atomic E-state index is 0.0905. The lowest BCUT2D eigenvalue weighted by atomic mass is 10.1. The molecule has 1 N–H and O–H groups in total. The maximum Gasteiger partial charge on any atom is 0.410 e. The fourth-order valence-corrected chi connectivity index (χ4v) is 5.00. The van der Waals surface area contributed by atoms with E-state index in [1.165, 1.54) is 0 Å². The molecule has 10 nitrogen and oxygen atoms in total. The quantitative estimate of drug-likeness (QED) is 0.376. The van der Waals surface area contributed by atoms with E-state index in [1.54, 1.807) is 22.0 Å². The fourth-order valence-electron chi connectivity index (χ4n) is 5.00. The molecule has 1 aliphatic heterocycles. The van der Waals surface area contributed by atoms with Crippen LogP contribution >= 0.6 is 0 Å². The molecule has 0 saturated carbocycles. The van der Waals surface area contributed by atoms with Crippen LogP contribution in [-0.2, 0) is 9.53 Å². The maximum atomic E-state index is 13.5. The third-order valence-corrected chi connectivity index (χ3v) is 7.28. The molecule has 0 aliphatic carbocycles. The molecule has 0 bridgehead atoms. The second kappa shape index (κ2) is 10.7. The fraction of sp³-hybridized carbons (Fsp3) is 0.400. The molecular weight excluding hydrogens is 506 g/mol. The molecule has 0 radical (unpaired) electrons. The van der Waals surface area contributed by atoms with Gasteiger partial charge in [-0.25, -0.2) is 9.48 Å². The Morgan fingerprint density at radius 1 is 0.975 bits per heavy atom. The van der Waals surface area contributed by atoms with Crippen LogP contribution in [0.15, 0.2) is 55.0 Å². The van der Waals surface area contributed by atoms with E-state index in [0.717, 1.165) is 39.1 Å². The number of anilines is 2. The third kappa shape index (κ3) is 5.66. The predicted octanol–water partition coefficient (Wildman–Crippen LogP) is 5.10. The summed E-state index contributed by atoms with van der Waals surface area (Å²) >= 11 is 0. The molecule has 2 aromatic heterocycles. The lowest BCUT2D eigenvalue weighted by molar-refractivity contribution is -0.118. The number of amides is 2. The average Bonchev–Trinajstić information content (AvgIpc) is 3.57. The largest absolute Gasteiger partial charge is 0.444 e. The molecule has 1 atom stereocenters. The number of hydrogen-bond acceptors (Lipinski definition) is 6. The van der Waals surface area contributed by atoms with E-state index in [0.29, 0.717) is 26.2 Å². The number of ether oxygens (including phenoxy) is 1. The Labute approximate surface area is 234 Å². The van der Waals surface area contributed by atoms with Gasteiger partial charge in [0.05, 0.1) is 18.1 Å². The van der Waals surface area contributed by atoms with Crippen molar-refractivity contribution in [1.29, 1.82) is 0 Å². The zero-order valence-corrected chi connectivity index (χ0v) is 24.0. The van der Waals surface area contributed by atoms with Crippen molar-refractivity contribution in [3.63, 3.8) is 0 Å². The van der Waals surface area contributed by atoms with Crippen LogP contribution in [0.5, 0.6) is 0 Å². The van der Waals surface area contributed by atoms with Gasteiger partial charge in [0.15, 0.2) is 0 Å². The molecule has 5 rings (SSSR count). The molecule has 0 spiro atoms. The van der Waals surface area contributed by atoms with Crippen LogP contribution in [0.2, 0.25) is 0 Å². The van der Waals surface area contributed by atoms with E-state index in [2.05, 4.69) is 32.7 Å². The first kappa shape index (κ1) is 27.2. The van der Waals surface area contributed by atoms with Crippen LogP contribution in [-0.4, -0.2) is 68.2 Å². The molecule has 210 valence electrons. The number of carbonyl (C=O) groups is 2. The Balaban J connectivity index is 1.28. The minimum Gasteiger partial charge on any atom is -0.444 e. The number of aryl methyl sites for hydroxylation is 2. The minimum atomic E-state index is -0.512. The van der Waals surface area contributed by atoms with Crippen molar-refractivity contribution < 1.29 is 14.3 Å². The van der Waals surface area contributed by atoms with Crippen molar-refractivity contribution in [2.75, 3.05) is 36.4 Å². The Hall–Kier alpha value is -4.34. The van der Waals surface area contributed by atoms with E-state index >= 15 is 0 Å². The summed E-state index contributed by atoms with van der Waals surface area (Å²) in [6.07, 6.45) is 5.20. The summed E-state index contributed by atoms with van der Waals surface area (Å²) in [7, 11) is 0. The summed E-state index contributed by atoms with van der Waals surface area (Å²) in [6, 6.07) is 11.8. The first-order valence-corrected chi connectivity index (χ1v) is 13.6. The molecule has 1 saturated heterocycles. The average molecular weight is 544 g/mol. The SMILES string of the molecule is Cc1ccc(N2CCN(C(=O)OC(C)(C)C)CC2)cc1NC(=O)C(C)n1cc(C)c2cc(-n3ccnn3)ccc21. The number of benzene rings is 2. The molecule has 2 aromatic carbocycles. The zero-order valence-electron chi connectivity index (χ0n) is 24.0. The van der Waals surface area contributed by atoms with Gasteiger partial charge >= 0.3 is 6.09 Å². The standard InChI is InChI=1S/C30H37N7O3/c1-20-7-8-23(34-13-15-35(16-14-34)29(39)40-30(4,5)6)18-26(20)32-28(38)22(3)36-19-21(2)25-17-24(9-10-27(25)36)37-12-11-31-33-37/h7-12,17-19,22H,13-16H2,1-6H3,(H,32,38). The zero-order chi connectivity index (χ0) is 28.6. The summed E-state index contributed by atoms with van der Waals surface area (Å²) in [5.41, 5.74) is 5.26. The number of piperazine rings is 1. The third-order valence-electron chi connectivity index (χ3n) is 7.28.